The van der Waals surface area contributed by atoms with Gasteiger partial charge in [-0.3, -0.25) is 4.99 Å². The Bertz CT molecular complexity index is 461. The van der Waals surface area contributed by atoms with Gasteiger partial charge in [-0.25, -0.2) is 0 Å². The molecule has 19 heavy (non-hydrogen) atoms. The summed E-state index contributed by atoms with van der Waals surface area (Å²) in [6.45, 7) is 1.87. The zero-order valence-electron chi connectivity index (χ0n) is 10.8. The van der Waals surface area contributed by atoms with Gasteiger partial charge in [0.05, 0.1) is 6.54 Å². The van der Waals surface area contributed by atoms with Crippen molar-refractivity contribution in [1.82, 2.24) is 5.32 Å². The van der Waals surface area contributed by atoms with E-state index in [1.165, 1.54) is 0 Å². The number of benzene rings is 1. The molecular weight excluding hydrogens is 377 g/mol. The van der Waals surface area contributed by atoms with Crippen molar-refractivity contribution in [2.24, 2.45) is 10.7 Å². The highest BCUT2D eigenvalue weighted by molar-refractivity contribution is 14.0. The fourth-order valence-electron chi connectivity index (χ4n) is 1.70. The Balaban J connectivity index is 0.00000180. The lowest BCUT2D eigenvalue weighted by atomic mass is 9.96. The number of hydrogen-bond donors (Lipinski definition) is 3. The van der Waals surface area contributed by atoms with Gasteiger partial charge in [-0.1, -0.05) is 29.8 Å². The zero-order chi connectivity index (χ0) is 13.2. The largest absolute Gasteiger partial charge is 0.383 e. The summed E-state index contributed by atoms with van der Waals surface area (Å²) in [7, 11) is 0. The number of aliphatic imine (C=N–C) groups is 1. The summed E-state index contributed by atoms with van der Waals surface area (Å²) in [6, 6.07) is 7.67. The third-order valence-electron chi connectivity index (χ3n) is 2.94. The standard InChI is InChI=1S/C13H18ClN3O.HI/c1-13(18,10-4-2-3-5-11(10)14)8-16-12(15)17-9-6-7-9;/h2-5,9,18H,6-8H2,1H3,(H3,15,16,17);1H. The molecule has 0 saturated heterocycles. The molecule has 0 aliphatic heterocycles. The molecule has 0 aromatic heterocycles. The molecule has 1 saturated carbocycles. The molecule has 1 fully saturated rings. The van der Waals surface area contributed by atoms with Crippen LogP contribution in [0.25, 0.3) is 0 Å². The molecule has 0 bridgehead atoms. The summed E-state index contributed by atoms with van der Waals surface area (Å²) in [4.78, 5) is 4.17. The molecule has 0 spiro atoms. The van der Waals surface area contributed by atoms with E-state index >= 15 is 0 Å². The molecule has 2 rings (SSSR count). The first kappa shape index (κ1) is 16.5. The quantitative estimate of drug-likeness (QED) is 0.416. The van der Waals surface area contributed by atoms with Crippen molar-refractivity contribution < 1.29 is 5.11 Å². The van der Waals surface area contributed by atoms with Crippen LogP contribution in [0.15, 0.2) is 29.3 Å². The maximum Gasteiger partial charge on any atom is 0.188 e. The zero-order valence-corrected chi connectivity index (χ0v) is 13.9. The van der Waals surface area contributed by atoms with Crippen LogP contribution < -0.4 is 11.1 Å². The van der Waals surface area contributed by atoms with Crippen molar-refractivity contribution in [3.63, 3.8) is 0 Å². The van der Waals surface area contributed by atoms with Gasteiger partial charge in [0.15, 0.2) is 5.96 Å². The smallest absolute Gasteiger partial charge is 0.188 e. The summed E-state index contributed by atoms with van der Waals surface area (Å²) in [5.41, 5.74) is 5.28. The van der Waals surface area contributed by atoms with Crippen LogP contribution >= 0.6 is 35.6 Å². The Morgan fingerprint density at radius 1 is 1.53 bits per heavy atom. The van der Waals surface area contributed by atoms with Gasteiger partial charge in [-0.15, -0.1) is 24.0 Å². The van der Waals surface area contributed by atoms with Gasteiger partial charge in [-0.05, 0) is 25.8 Å². The van der Waals surface area contributed by atoms with Gasteiger partial charge in [0.1, 0.15) is 5.60 Å². The number of nitrogens with zero attached hydrogens (tertiary/aromatic N) is 1. The number of hydrogen-bond acceptors (Lipinski definition) is 2. The molecule has 1 aromatic carbocycles. The highest BCUT2D eigenvalue weighted by Gasteiger charge is 2.26. The van der Waals surface area contributed by atoms with Gasteiger partial charge in [-0.2, -0.15) is 0 Å². The van der Waals surface area contributed by atoms with Gasteiger partial charge in [0, 0.05) is 16.6 Å². The minimum absolute atomic E-state index is 0. The summed E-state index contributed by atoms with van der Waals surface area (Å²) in [6.07, 6.45) is 2.27. The Kier molecular flexibility index (Phi) is 5.88. The lowest BCUT2D eigenvalue weighted by molar-refractivity contribution is 0.0674. The van der Waals surface area contributed by atoms with Crippen molar-refractivity contribution in [3.05, 3.63) is 34.9 Å². The van der Waals surface area contributed by atoms with Crippen LogP contribution in [0.2, 0.25) is 5.02 Å². The maximum absolute atomic E-state index is 10.4. The van der Waals surface area contributed by atoms with Crippen molar-refractivity contribution in [2.75, 3.05) is 6.54 Å². The van der Waals surface area contributed by atoms with E-state index in [2.05, 4.69) is 10.3 Å². The molecule has 1 aliphatic rings. The topological polar surface area (TPSA) is 70.6 Å². The van der Waals surface area contributed by atoms with E-state index in [0.29, 0.717) is 22.6 Å². The highest BCUT2D eigenvalue weighted by atomic mass is 127. The lowest BCUT2D eigenvalue weighted by Gasteiger charge is -2.23. The molecule has 6 heteroatoms. The molecule has 0 radical (unpaired) electrons. The molecule has 1 unspecified atom stereocenters. The number of nitrogens with one attached hydrogen (secondary N) is 1. The van der Waals surface area contributed by atoms with Crippen LogP contribution in [-0.2, 0) is 5.60 Å². The van der Waals surface area contributed by atoms with Crippen LogP contribution in [0.3, 0.4) is 0 Å². The summed E-state index contributed by atoms with van der Waals surface area (Å²) in [5.74, 6) is 0.379. The van der Waals surface area contributed by atoms with E-state index in [-0.39, 0.29) is 30.5 Å². The third-order valence-corrected chi connectivity index (χ3v) is 3.27. The van der Waals surface area contributed by atoms with Crippen molar-refractivity contribution in [3.8, 4) is 0 Å². The molecule has 0 amide bonds. The summed E-state index contributed by atoms with van der Waals surface area (Å²) in [5, 5.41) is 14.0. The fourth-order valence-corrected chi connectivity index (χ4v) is 2.04. The van der Waals surface area contributed by atoms with Gasteiger partial charge >= 0.3 is 0 Å². The minimum Gasteiger partial charge on any atom is -0.383 e. The summed E-state index contributed by atoms with van der Waals surface area (Å²) >= 11 is 6.06. The Morgan fingerprint density at radius 2 is 2.16 bits per heavy atom. The first-order chi connectivity index (χ1) is 8.49. The SMILES string of the molecule is CC(O)(CN=C(N)NC1CC1)c1ccccc1Cl.I. The average Bonchev–Trinajstić information content (AvgIpc) is 3.11. The van der Waals surface area contributed by atoms with Crippen LogP contribution in [0.5, 0.6) is 0 Å². The number of nitrogens with two attached hydrogens (primary N) is 1. The number of aliphatic hydroxyl groups is 1. The highest BCUT2D eigenvalue weighted by Crippen LogP contribution is 2.28. The molecule has 106 valence electrons. The second-order valence-corrected chi connectivity index (χ2v) is 5.28. The molecule has 0 heterocycles. The Morgan fingerprint density at radius 3 is 2.74 bits per heavy atom. The van der Waals surface area contributed by atoms with Gasteiger partial charge < -0.3 is 16.2 Å². The first-order valence-electron chi connectivity index (χ1n) is 6.03. The molecule has 1 atom stereocenters. The predicted molar refractivity (Wildman–Crippen MR) is 89.1 cm³/mol. The number of halogens is 2. The van der Waals surface area contributed by atoms with Crippen molar-refractivity contribution in [1.29, 1.82) is 0 Å². The molecule has 1 aliphatic carbocycles. The van der Waals surface area contributed by atoms with E-state index in [1.54, 1.807) is 19.1 Å². The normalized spacial score (nSPS) is 18.4. The van der Waals surface area contributed by atoms with E-state index in [0.717, 1.165) is 12.8 Å². The first-order valence-corrected chi connectivity index (χ1v) is 6.41. The van der Waals surface area contributed by atoms with E-state index in [4.69, 9.17) is 17.3 Å². The van der Waals surface area contributed by atoms with Crippen LogP contribution in [0, 0.1) is 0 Å². The monoisotopic (exact) mass is 395 g/mol. The molecule has 4 nitrogen and oxygen atoms in total. The molecule has 4 N–H and O–H groups in total. The van der Waals surface area contributed by atoms with Gasteiger partial charge in [0.25, 0.3) is 0 Å². The third kappa shape index (κ3) is 4.81. The van der Waals surface area contributed by atoms with Crippen LogP contribution in [-0.4, -0.2) is 23.7 Å². The molecule has 1 aromatic rings. The second-order valence-electron chi connectivity index (χ2n) is 4.87. The number of guanidine groups is 1. The van der Waals surface area contributed by atoms with E-state index in [1.807, 2.05) is 12.1 Å². The van der Waals surface area contributed by atoms with Crippen molar-refractivity contribution >= 4 is 41.5 Å². The minimum atomic E-state index is -1.12. The van der Waals surface area contributed by atoms with Crippen molar-refractivity contribution in [2.45, 2.75) is 31.4 Å². The fraction of sp³-hybridized carbons (Fsp3) is 0.462. The molecular formula is C13H19ClIN3O. The van der Waals surface area contributed by atoms with Gasteiger partial charge in [0.2, 0.25) is 0 Å². The predicted octanol–water partition coefficient (Wildman–Crippen LogP) is 2.23. The Labute approximate surface area is 135 Å². The van der Waals surface area contributed by atoms with Crippen LogP contribution in [0.1, 0.15) is 25.3 Å². The maximum atomic E-state index is 10.4. The summed E-state index contributed by atoms with van der Waals surface area (Å²) < 4.78 is 0. The lowest BCUT2D eigenvalue weighted by Crippen LogP contribution is -2.35. The van der Waals surface area contributed by atoms with Crippen LogP contribution in [0.4, 0.5) is 0 Å². The van der Waals surface area contributed by atoms with E-state index < -0.39 is 5.60 Å². The Hall–Kier alpha value is -0.530. The van der Waals surface area contributed by atoms with E-state index in [9.17, 15) is 5.11 Å². The second kappa shape index (κ2) is 6.76. The number of rotatable bonds is 4. The average molecular weight is 396 g/mol.